The van der Waals surface area contributed by atoms with Crippen LogP contribution >= 0.6 is 39.2 Å². The lowest BCUT2D eigenvalue weighted by molar-refractivity contribution is -0.115. The molecule has 0 saturated heterocycles. The summed E-state index contributed by atoms with van der Waals surface area (Å²) in [6.07, 6.45) is 5.41. The molecule has 0 bridgehead atoms. The van der Waals surface area contributed by atoms with E-state index in [9.17, 15) is 9.59 Å². The van der Waals surface area contributed by atoms with Crippen molar-refractivity contribution >= 4 is 56.2 Å². The minimum Gasteiger partial charge on any atom is -0.343 e. The molecule has 3 aromatic rings. The van der Waals surface area contributed by atoms with Crippen molar-refractivity contribution in [3.8, 4) is 11.3 Å². The minimum absolute atomic E-state index is 0.116. The number of hydrogen-bond acceptors (Lipinski definition) is 5. The summed E-state index contributed by atoms with van der Waals surface area (Å²) in [4.78, 5) is 28.5. The van der Waals surface area contributed by atoms with Crippen molar-refractivity contribution in [2.45, 2.75) is 0 Å². The van der Waals surface area contributed by atoms with E-state index in [0.717, 1.165) is 15.7 Å². The van der Waals surface area contributed by atoms with E-state index < -0.39 is 0 Å². The fraction of sp³-hybridized carbons (Fsp3) is 0.118. The number of amides is 2. The van der Waals surface area contributed by atoms with E-state index in [-0.39, 0.29) is 18.4 Å². The molecule has 1 aromatic carbocycles. The molecular formula is C17H15BrN4O2S2. The van der Waals surface area contributed by atoms with Crippen LogP contribution in [0.4, 0.5) is 5.13 Å². The molecule has 6 nitrogen and oxygen atoms in total. The van der Waals surface area contributed by atoms with Gasteiger partial charge in [-0.3, -0.25) is 13.6 Å². The van der Waals surface area contributed by atoms with E-state index in [2.05, 4.69) is 31.5 Å². The molecule has 0 aliphatic carbocycles. The third kappa shape index (κ3) is 4.75. The van der Waals surface area contributed by atoms with Gasteiger partial charge in [0.2, 0.25) is 5.91 Å². The zero-order chi connectivity index (χ0) is 18.5. The number of benzene rings is 1. The molecule has 0 fully saturated rings. The highest BCUT2D eigenvalue weighted by atomic mass is 79.9. The molecular weight excluding hydrogens is 436 g/mol. The maximum Gasteiger partial charge on any atom is 0.253 e. The number of anilines is 1. The third-order valence-electron chi connectivity index (χ3n) is 3.42. The molecule has 134 valence electrons. The van der Waals surface area contributed by atoms with Crippen molar-refractivity contribution in [1.29, 1.82) is 0 Å². The monoisotopic (exact) mass is 450 g/mol. The fourth-order valence-corrected chi connectivity index (χ4v) is 3.70. The number of nitrogens with one attached hydrogen (secondary N) is 2. The number of hydrogen-bond donors (Lipinski definition) is 2. The third-order valence-corrected chi connectivity index (χ3v) is 5.32. The molecule has 2 N–H and O–H groups in total. The van der Waals surface area contributed by atoms with Crippen LogP contribution in [0, 0.1) is 0 Å². The fourth-order valence-electron chi connectivity index (χ4n) is 2.16. The van der Waals surface area contributed by atoms with Gasteiger partial charge in [0.25, 0.3) is 5.91 Å². The molecule has 2 aromatic heterocycles. The number of halogens is 1. The lowest BCUT2D eigenvalue weighted by Crippen LogP contribution is -2.32. The van der Waals surface area contributed by atoms with Gasteiger partial charge in [0.15, 0.2) is 5.13 Å². The van der Waals surface area contributed by atoms with E-state index in [1.807, 2.05) is 39.9 Å². The Morgan fingerprint density at radius 3 is 2.92 bits per heavy atom. The molecule has 0 unspecified atom stereocenters. The molecule has 2 amide bonds. The zero-order valence-electron chi connectivity index (χ0n) is 13.7. The molecule has 0 aliphatic heterocycles. The number of aromatic nitrogens is 2. The van der Waals surface area contributed by atoms with Gasteiger partial charge < -0.3 is 10.6 Å². The van der Waals surface area contributed by atoms with Crippen molar-refractivity contribution in [1.82, 2.24) is 14.3 Å². The summed E-state index contributed by atoms with van der Waals surface area (Å²) in [7, 11) is 0. The Bertz CT molecular complexity index is 938. The van der Waals surface area contributed by atoms with Gasteiger partial charge >= 0.3 is 0 Å². The highest BCUT2D eigenvalue weighted by Crippen LogP contribution is 2.26. The van der Waals surface area contributed by atoms with Crippen molar-refractivity contribution in [3.63, 3.8) is 0 Å². The topological polar surface area (TPSA) is 76.0 Å². The van der Waals surface area contributed by atoms with Crippen LogP contribution in [0.2, 0.25) is 0 Å². The van der Waals surface area contributed by atoms with Crippen LogP contribution in [0.1, 0.15) is 10.4 Å². The van der Waals surface area contributed by atoms with Crippen LogP contribution in [-0.4, -0.2) is 33.6 Å². The summed E-state index contributed by atoms with van der Waals surface area (Å²) in [6, 6.07) is 9.48. The first-order chi connectivity index (χ1) is 12.5. The standard InChI is InChI=1S/C17H15BrN4O2S2/c1-25-22-6-5-12(9-22)16(24)19-8-15(23)21-17-20-14(10-26-17)11-3-2-4-13(18)7-11/h2-7,9-10H,8H2,1H3,(H,19,24)(H,20,21,23). The zero-order valence-corrected chi connectivity index (χ0v) is 17.0. The van der Waals surface area contributed by atoms with Gasteiger partial charge in [-0.2, -0.15) is 0 Å². The summed E-state index contributed by atoms with van der Waals surface area (Å²) in [5.41, 5.74) is 2.26. The predicted octanol–water partition coefficient (Wildman–Crippen LogP) is 3.87. The van der Waals surface area contributed by atoms with Gasteiger partial charge in [0.05, 0.1) is 17.8 Å². The van der Waals surface area contributed by atoms with Gasteiger partial charge in [-0.05, 0) is 30.1 Å². The molecule has 0 spiro atoms. The first-order valence-electron chi connectivity index (χ1n) is 7.57. The number of rotatable bonds is 6. The Labute approximate surface area is 167 Å². The maximum absolute atomic E-state index is 12.0. The predicted molar refractivity (Wildman–Crippen MR) is 110 cm³/mol. The minimum atomic E-state index is -0.321. The van der Waals surface area contributed by atoms with Crippen molar-refractivity contribution in [2.24, 2.45) is 0 Å². The van der Waals surface area contributed by atoms with Crippen molar-refractivity contribution < 1.29 is 9.59 Å². The van der Waals surface area contributed by atoms with Gasteiger partial charge in [-0.15, -0.1) is 11.3 Å². The molecule has 0 saturated carbocycles. The lowest BCUT2D eigenvalue weighted by Gasteiger charge is -2.04. The van der Waals surface area contributed by atoms with Gasteiger partial charge in [0, 0.05) is 34.1 Å². The smallest absolute Gasteiger partial charge is 0.253 e. The van der Waals surface area contributed by atoms with Crippen LogP contribution < -0.4 is 10.6 Å². The second-order valence-electron chi connectivity index (χ2n) is 5.22. The Morgan fingerprint density at radius 1 is 1.35 bits per heavy atom. The van der Waals surface area contributed by atoms with Gasteiger partial charge in [-0.25, -0.2) is 4.98 Å². The molecule has 3 rings (SSSR count). The summed E-state index contributed by atoms with van der Waals surface area (Å²) >= 11 is 6.25. The van der Waals surface area contributed by atoms with E-state index >= 15 is 0 Å². The largest absolute Gasteiger partial charge is 0.343 e. The van der Waals surface area contributed by atoms with Crippen LogP contribution in [0.25, 0.3) is 11.3 Å². The second-order valence-corrected chi connectivity index (χ2v) is 7.78. The van der Waals surface area contributed by atoms with Gasteiger partial charge in [0.1, 0.15) is 0 Å². The number of nitrogens with zero attached hydrogens (tertiary/aromatic N) is 2. The Hall–Kier alpha value is -2.10. The average molecular weight is 451 g/mol. The highest BCUT2D eigenvalue weighted by molar-refractivity contribution is 9.10. The Kier molecular flexibility index (Phi) is 6.12. The number of carbonyl (C=O) groups excluding carboxylic acids is 2. The summed E-state index contributed by atoms with van der Waals surface area (Å²) < 4.78 is 2.78. The van der Waals surface area contributed by atoms with Crippen LogP contribution in [0.5, 0.6) is 0 Å². The normalized spacial score (nSPS) is 10.5. The highest BCUT2D eigenvalue weighted by Gasteiger charge is 2.11. The van der Waals surface area contributed by atoms with Crippen molar-refractivity contribution in [3.05, 3.63) is 58.1 Å². The lowest BCUT2D eigenvalue weighted by atomic mass is 10.2. The van der Waals surface area contributed by atoms with Crippen LogP contribution in [0.15, 0.2) is 52.6 Å². The molecule has 0 radical (unpaired) electrons. The maximum atomic E-state index is 12.0. The molecule has 0 atom stereocenters. The van der Waals surface area contributed by atoms with Crippen LogP contribution in [-0.2, 0) is 4.79 Å². The Morgan fingerprint density at radius 2 is 2.19 bits per heavy atom. The van der Waals surface area contributed by atoms with E-state index in [4.69, 9.17) is 0 Å². The molecule has 2 heterocycles. The van der Waals surface area contributed by atoms with Crippen LogP contribution in [0.3, 0.4) is 0 Å². The molecule has 0 aliphatic rings. The summed E-state index contributed by atoms with van der Waals surface area (Å²) in [5.74, 6) is -0.611. The van der Waals surface area contributed by atoms with Gasteiger partial charge in [-0.1, -0.05) is 28.1 Å². The second kappa shape index (κ2) is 8.52. The van der Waals surface area contributed by atoms with E-state index in [1.165, 1.54) is 23.3 Å². The molecule has 26 heavy (non-hydrogen) atoms. The van der Waals surface area contributed by atoms with E-state index in [1.54, 1.807) is 18.5 Å². The number of thiazole rings is 1. The first-order valence-corrected chi connectivity index (χ1v) is 10.4. The summed E-state index contributed by atoms with van der Waals surface area (Å²) in [5, 5.41) is 7.67. The Balaban J connectivity index is 1.54. The van der Waals surface area contributed by atoms with Crippen molar-refractivity contribution in [2.75, 3.05) is 18.1 Å². The molecule has 9 heteroatoms. The quantitative estimate of drug-likeness (QED) is 0.597. The summed E-state index contributed by atoms with van der Waals surface area (Å²) in [6.45, 7) is -0.116. The first kappa shape index (κ1) is 18.7. The average Bonchev–Trinajstić information content (AvgIpc) is 3.29. The number of carbonyl (C=O) groups is 2. The van der Waals surface area contributed by atoms with E-state index in [0.29, 0.717) is 10.7 Å². The SMILES string of the molecule is CSn1ccc(C(=O)NCC(=O)Nc2nc(-c3cccc(Br)c3)cs2)c1.